The molecule has 0 saturated heterocycles. The van der Waals surface area contributed by atoms with Gasteiger partial charge in [-0.2, -0.15) is 0 Å². The van der Waals surface area contributed by atoms with Crippen LogP contribution in [0.25, 0.3) is 11.0 Å². The molecule has 0 aliphatic carbocycles. The van der Waals surface area contributed by atoms with E-state index in [0.29, 0.717) is 22.5 Å². The molecule has 0 radical (unpaired) electrons. The maximum atomic E-state index is 5.75. The van der Waals surface area contributed by atoms with E-state index in [1.165, 1.54) is 0 Å². The summed E-state index contributed by atoms with van der Waals surface area (Å²) < 4.78 is 10.8. The third kappa shape index (κ3) is 1.69. The molecule has 17 heavy (non-hydrogen) atoms. The highest BCUT2D eigenvalue weighted by atomic mass is 16.5. The van der Waals surface area contributed by atoms with Crippen LogP contribution in [0, 0.1) is 0 Å². The monoisotopic (exact) mass is 226 g/mol. The third-order valence-electron chi connectivity index (χ3n) is 2.46. The van der Waals surface area contributed by atoms with Crippen molar-refractivity contribution >= 4 is 16.8 Å². The van der Waals surface area contributed by atoms with Crippen LogP contribution in [0.5, 0.6) is 11.5 Å². The summed E-state index contributed by atoms with van der Waals surface area (Å²) in [7, 11) is 0. The van der Waals surface area contributed by atoms with E-state index in [4.69, 9.17) is 15.0 Å². The first-order valence-electron chi connectivity index (χ1n) is 5.21. The fourth-order valence-corrected chi connectivity index (χ4v) is 1.68. The Labute approximate surface area is 97.6 Å². The molecule has 0 unspecified atom stereocenters. The number of para-hydroxylation sites is 1. The number of nitrogens with two attached hydrogens (primary N) is 1. The molecule has 0 amide bonds. The summed E-state index contributed by atoms with van der Waals surface area (Å²) in [5.41, 5.74) is 6.37. The van der Waals surface area contributed by atoms with Crippen molar-refractivity contribution in [3.05, 3.63) is 48.5 Å². The highest BCUT2D eigenvalue weighted by Crippen LogP contribution is 2.33. The van der Waals surface area contributed by atoms with Crippen molar-refractivity contribution in [3.63, 3.8) is 0 Å². The van der Waals surface area contributed by atoms with Gasteiger partial charge in [0.2, 0.25) is 0 Å². The molecule has 2 N–H and O–H groups in total. The molecule has 1 heterocycles. The second-order valence-corrected chi connectivity index (χ2v) is 3.61. The van der Waals surface area contributed by atoms with Gasteiger partial charge in [0.15, 0.2) is 11.4 Å². The average Bonchev–Trinajstić information content (AvgIpc) is 2.74. The lowest BCUT2D eigenvalue weighted by molar-refractivity contribution is 0.459. The zero-order valence-corrected chi connectivity index (χ0v) is 8.96. The number of hydrogen-bond donors (Lipinski definition) is 1. The molecule has 0 bridgehead atoms. The Morgan fingerprint density at radius 3 is 2.65 bits per heavy atom. The van der Waals surface area contributed by atoms with Crippen LogP contribution in [0.1, 0.15) is 0 Å². The van der Waals surface area contributed by atoms with Gasteiger partial charge >= 0.3 is 0 Å². The fourth-order valence-electron chi connectivity index (χ4n) is 1.68. The van der Waals surface area contributed by atoms with E-state index >= 15 is 0 Å². The number of nitrogens with zero attached hydrogens (tertiary/aromatic N) is 1. The molecule has 1 aromatic heterocycles. The van der Waals surface area contributed by atoms with Crippen molar-refractivity contribution < 1.29 is 9.26 Å². The van der Waals surface area contributed by atoms with Gasteiger partial charge in [-0.25, -0.2) is 0 Å². The molecule has 4 nitrogen and oxygen atoms in total. The SMILES string of the molecule is Nc1noc2cccc(Oc3ccccc3)c12. The quantitative estimate of drug-likeness (QED) is 0.728. The molecule has 0 spiro atoms. The Morgan fingerprint density at radius 1 is 1.00 bits per heavy atom. The van der Waals surface area contributed by atoms with Crippen LogP contribution in [0.15, 0.2) is 53.1 Å². The molecule has 3 aromatic rings. The Kier molecular flexibility index (Phi) is 2.19. The van der Waals surface area contributed by atoms with Gasteiger partial charge in [0.25, 0.3) is 0 Å². The van der Waals surface area contributed by atoms with Crippen LogP contribution >= 0.6 is 0 Å². The summed E-state index contributed by atoms with van der Waals surface area (Å²) in [4.78, 5) is 0. The first-order valence-corrected chi connectivity index (χ1v) is 5.21. The lowest BCUT2D eigenvalue weighted by Crippen LogP contribution is -1.88. The highest BCUT2D eigenvalue weighted by molar-refractivity contribution is 5.92. The molecular weight excluding hydrogens is 216 g/mol. The van der Waals surface area contributed by atoms with Crippen molar-refractivity contribution in [1.29, 1.82) is 0 Å². The van der Waals surface area contributed by atoms with Crippen molar-refractivity contribution in [2.75, 3.05) is 5.73 Å². The van der Waals surface area contributed by atoms with E-state index < -0.39 is 0 Å². The molecule has 0 saturated carbocycles. The highest BCUT2D eigenvalue weighted by Gasteiger charge is 2.11. The van der Waals surface area contributed by atoms with Crippen LogP contribution in [0.2, 0.25) is 0 Å². The minimum atomic E-state index is 0.339. The largest absolute Gasteiger partial charge is 0.456 e. The van der Waals surface area contributed by atoms with Gasteiger partial charge in [-0.1, -0.05) is 29.4 Å². The van der Waals surface area contributed by atoms with Crippen molar-refractivity contribution in [2.45, 2.75) is 0 Å². The average molecular weight is 226 g/mol. The molecular formula is C13H10N2O2. The second kappa shape index (κ2) is 3.83. The number of benzene rings is 2. The predicted molar refractivity (Wildman–Crippen MR) is 64.9 cm³/mol. The van der Waals surface area contributed by atoms with Crippen LogP contribution in [0.4, 0.5) is 5.82 Å². The van der Waals surface area contributed by atoms with E-state index in [1.54, 1.807) is 6.07 Å². The number of fused-ring (bicyclic) bond motifs is 1. The zero-order valence-electron chi connectivity index (χ0n) is 8.96. The summed E-state index contributed by atoms with van der Waals surface area (Å²) >= 11 is 0. The summed E-state index contributed by atoms with van der Waals surface area (Å²) in [6.07, 6.45) is 0. The van der Waals surface area contributed by atoms with Crippen LogP contribution in [-0.4, -0.2) is 5.16 Å². The molecule has 0 fully saturated rings. The van der Waals surface area contributed by atoms with Crippen LogP contribution in [0.3, 0.4) is 0 Å². The molecule has 0 atom stereocenters. The van der Waals surface area contributed by atoms with Crippen molar-refractivity contribution in [2.24, 2.45) is 0 Å². The van der Waals surface area contributed by atoms with Gasteiger partial charge < -0.3 is 15.0 Å². The Morgan fingerprint density at radius 2 is 1.82 bits per heavy atom. The molecule has 3 rings (SSSR count). The number of ether oxygens (including phenoxy) is 1. The van der Waals surface area contributed by atoms with Gasteiger partial charge in [0.1, 0.15) is 16.9 Å². The van der Waals surface area contributed by atoms with E-state index in [0.717, 1.165) is 5.75 Å². The molecule has 4 heteroatoms. The standard InChI is InChI=1S/C13H10N2O2/c14-13-12-10(7-4-8-11(12)17-15-13)16-9-5-2-1-3-6-9/h1-8H,(H2,14,15). The van der Waals surface area contributed by atoms with Crippen molar-refractivity contribution in [3.8, 4) is 11.5 Å². The van der Waals surface area contributed by atoms with Gasteiger partial charge in [-0.05, 0) is 24.3 Å². The number of aromatic nitrogens is 1. The van der Waals surface area contributed by atoms with Crippen LogP contribution < -0.4 is 10.5 Å². The van der Waals surface area contributed by atoms with E-state index in [-0.39, 0.29) is 0 Å². The van der Waals surface area contributed by atoms with Crippen LogP contribution in [-0.2, 0) is 0 Å². The van der Waals surface area contributed by atoms with Gasteiger partial charge in [0, 0.05) is 0 Å². The number of rotatable bonds is 2. The Bertz CT molecular complexity index is 647. The summed E-state index contributed by atoms with van der Waals surface area (Å²) in [5, 5.41) is 4.43. The molecule has 0 aliphatic heterocycles. The summed E-state index contributed by atoms with van der Waals surface area (Å²) in [6, 6.07) is 15.0. The first kappa shape index (κ1) is 9.72. The van der Waals surface area contributed by atoms with Gasteiger partial charge in [-0.15, -0.1) is 0 Å². The maximum absolute atomic E-state index is 5.75. The van der Waals surface area contributed by atoms with Crippen molar-refractivity contribution in [1.82, 2.24) is 5.16 Å². The fraction of sp³-hybridized carbons (Fsp3) is 0. The van der Waals surface area contributed by atoms with E-state index in [2.05, 4.69) is 5.16 Å². The Hall–Kier alpha value is -2.49. The predicted octanol–water partition coefficient (Wildman–Crippen LogP) is 3.20. The van der Waals surface area contributed by atoms with Gasteiger partial charge in [-0.3, -0.25) is 0 Å². The minimum absolute atomic E-state index is 0.339. The number of nitrogen functional groups attached to an aromatic ring is 1. The lowest BCUT2D eigenvalue weighted by Gasteiger charge is -2.05. The van der Waals surface area contributed by atoms with E-state index in [9.17, 15) is 0 Å². The Balaban J connectivity index is 2.09. The molecule has 0 aliphatic rings. The van der Waals surface area contributed by atoms with Gasteiger partial charge in [0.05, 0.1) is 0 Å². The molecule has 2 aromatic carbocycles. The first-order chi connectivity index (χ1) is 8.34. The second-order valence-electron chi connectivity index (χ2n) is 3.61. The summed E-state index contributed by atoms with van der Waals surface area (Å²) in [5.74, 6) is 1.74. The number of hydrogen-bond acceptors (Lipinski definition) is 4. The zero-order chi connectivity index (χ0) is 11.7. The third-order valence-corrected chi connectivity index (χ3v) is 2.46. The maximum Gasteiger partial charge on any atom is 0.178 e. The summed E-state index contributed by atoms with van der Waals surface area (Å²) in [6.45, 7) is 0. The van der Waals surface area contributed by atoms with E-state index in [1.807, 2.05) is 42.5 Å². The lowest BCUT2D eigenvalue weighted by atomic mass is 10.2. The number of anilines is 1. The normalized spacial score (nSPS) is 10.6. The topological polar surface area (TPSA) is 61.3 Å². The molecule has 84 valence electrons. The minimum Gasteiger partial charge on any atom is -0.456 e. The smallest absolute Gasteiger partial charge is 0.178 e.